The van der Waals surface area contributed by atoms with Gasteiger partial charge in [-0.1, -0.05) is 44.2 Å². The number of hydrogen-bond acceptors (Lipinski definition) is 1. The highest BCUT2D eigenvalue weighted by Gasteiger charge is 2.21. The summed E-state index contributed by atoms with van der Waals surface area (Å²) in [5.41, 5.74) is 0.998. The molecule has 1 aromatic rings. The van der Waals surface area contributed by atoms with E-state index in [0.29, 0.717) is 0 Å². The van der Waals surface area contributed by atoms with E-state index in [1.54, 1.807) is 0 Å². The van der Waals surface area contributed by atoms with E-state index in [-0.39, 0.29) is 17.1 Å². The molecule has 2 heteroatoms. The molecule has 1 rings (SSSR count). The summed E-state index contributed by atoms with van der Waals surface area (Å²) in [6.45, 7) is 4.00. The van der Waals surface area contributed by atoms with Gasteiger partial charge in [0.25, 0.3) is 0 Å². The van der Waals surface area contributed by atoms with Crippen LogP contribution >= 0.6 is 11.6 Å². The van der Waals surface area contributed by atoms with E-state index in [1.165, 1.54) is 0 Å². The van der Waals surface area contributed by atoms with Crippen LogP contribution in [0.3, 0.4) is 0 Å². The Morgan fingerprint density at radius 2 is 1.77 bits per heavy atom. The molecular weight excluding hydrogens is 184 g/mol. The molecule has 0 amide bonds. The molecule has 0 heterocycles. The molecule has 1 atom stereocenters. The third kappa shape index (κ3) is 2.56. The minimum absolute atomic E-state index is 0.178. The van der Waals surface area contributed by atoms with Gasteiger partial charge in [0.1, 0.15) is 0 Å². The molecule has 1 unspecified atom stereocenters. The molecule has 0 aliphatic heterocycles. The molecule has 70 valence electrons. The Morgan fingerprint density at radius 3 is 2.15 bits per heavy atom. The highest BCUT2D eigenvalue weighted by Crippen LogP contribution is 2.26. The third-order valence-corrected chi connectivity index (χ3v) is 2.30. The maximum Gasteiger partial charge on any atom is 0.229 e. The van der Waals surface area contributed by atoms with E-state index in [0.717, 1.165) is 5.56 Å². The fraction of sp³-hybridized carbons (Fsp3) is 0.364. The van der Waals surface area contributed by atoms with E-state index in [1.807, 2.05) is 44.2 Å². The van der Waals surface area contributed by atoms with Crippen molar-refractivity contribution in [1.29, 1.82) is 0 Å². The van der Waals surface area contributed by atoms with Crippen LogP contribution in [0, 0.1) is 5.92 Å². The predicted molar refractivity (Wildman–Crippen MR) is 54.9 cm³/mol. The molecule has 0 aromatic heterocycles. The van der Waals surface area contributed by atoms with Crippen LogP contribution in [0.4, 0.5) is 0 Å². The number of benzene rings is 1. The molecule has 0 bridgehead atoms. The van der Waals surface area contributed by atoms with Crippen molar-refractivity contribution in [3.63, 3.8) is 0 Å². The lowest BCUT2D eigenvalue weighted by Gasteiger charge is -2.16. The first-order valence-electron chi connectivity index (χ1n) is 4.37. The van der Waals surface area contributed by atoms with Crippen molar-refractivity contribution in [2.45, 2.75) is 19.8 Å². The quantitative estimate of drug-likeness (QED) is 0.679. The van der Waals surface area contributed by atoms with E-state index < -0.39 is 0 Å². The maximum atomic E-state index is 11.2. The summed E-state index contributed by atoms with van der Waals surface area (Å²) in [4.78, 5) is 11.2. The molecule has 13 heavy (non-hydrogen) atoms. The van der Waals surface area contributed by atoms with Gasteiger partial charge in [-0.2, -0.15) is 0 Å². The monoisotopic (exact) mass is 196 g/mol. The second-order valence-corrected chi connectivity index (χ2v) is 3.81. The second kappa shape index (κ2) is 4.43. The zero-order valence-electron chi connectivity index (χ0n) is 7.83. The predicted octanol–water partition coefficient (Wildman–Crippen LogP) is 3.19. The number of rotatable bonds is 3. The number of hydrogen-bond donors (Lipinski definition) is 0. The fourth-order valence-electron chi connectivity index (χ4n) is 1.44. The van der Waals surface area contributed by atoms with Gasteiger partial charge in [-0.3, -0.25) is 4.79 Å². The molecular formula is C11H13ClO. The van der Waals surface area contributed by atoms with Crippen LogP contribution in [0.5, 0.6) is 0 Å². The van der Waals surface area contributed by atoms with Crippen molar-refractivity contribution in [3.8, 4) is 0 Å². The van der Waals surface area contributed by atoms with Gasteiger partial charge in [-0.25, -0.2) is 0 Å². The molecule has 0 radical (unpaired) electrons. The zero-order chi connectivity index (χ0) is 9.84. The van der Waals surface area contributed by atoms with E-state index >= 15 is 0 Å². The highest BCUT2D eigenvalue weighted by atomic mass is 35.5. The summed E-state index contributed by atoms with van der Waals surface area (Å²) < 4.78 is 0. The van der Waals surface area contributed by atoms with Gasteiger partial charge in [0.2, 0.25) is 5.24 Å². The van der Waals surface area contributed by atoms with Crippen LogP contribution in [0.15, 0.2) is 30.3 Å². The summed E-state index contributed by atoms with van der Waals surface area (Å²) in [6, 6.07) is 9.64. The van der Waals surface area contributed by atoms with Crippen LogP contribution in [-0.2, 0) is 4.79 Å². The van der Waals surface area contributed by atoms with Gasteiger partial charge in [-0.15, -0.1) is 0 Å². The lowest BCUT2D eigenvalue weighted by atomic mass is 9.90. The van der Waals surface area contributed by atoms with Crippen LogP contribution < -0.4 is 0 Å². The Morgan fingerprint density at radius 1 is 1.23 bits per heavy atom. The van der Waals surface area contributed by atoms with Crippen molar-refractivity contribution in [1.82, 2.24) is 0 Å². The van der Waals surface area contributed by atoms with Crippen LogP contribution in [0.1, 0.15) is 25.3 Å². The van der Waals surface area contributed by atoms with Gasteiger partial charge in [-0.05, 0) is 23.1 Å². The van der Waals surface area contributed by atoms with E-state index in [9.17, 15) is 4.79 Å². The van der Waals surface area contributed by atoms with Crippen molar-refractivity contribution < 1.29 is 4.79 Å². The third-order valence-electron chi connectivity index (χ3n) is 2.07. The Labute approximate surface area is 83.7 Å². The van der Waals surface area contributed by atoms with Gasteiger partial charge in [0.15, 0.2) is 0 Å². The van der Waals surface area contributed by atoms with Gasteiger partial charge in [0.05, 0.1) is 5.92 Å². The average molecular weight is 197 g/mol. The molecule has 0 fully saturated rings. The summed E-state index contributed by atoms with van der Waals surface area (Å²) in [5.74, 6) is 0.0651. The second-order valence-electron chi connectivity index (χ2n) is 3.44. The molecule has 0 saturated carbocycles. The topological polar surface area (TPSA) is 17.1 Å². The highest BCUT2D eigenvalue weighted by molar-refractivity contribution is 6.64. The summed E-state index contributed by atoms with van der Waals surface area (Å²) in [5, 5.41) is -0.277. The summed E-state index contributed by atoms with van der Waals surface area (Å²) in [7, 11) is 0. The van der Waals surface area contributed by atoms with E-state index in [2.05, 4.69) is 0 Å². The van der Waals surface area contributed by atoms with Gasteiger partial charge >= 0.3 is 0 Å². The number of carbonyl (C=O) groups is 1. The van der Waals surface area contributed by atoms with Crippen molar-refractivity contribution in [2.75, 3.05) is 0 Å². The van der Waals surface area contributed by atoms with Crippen molar-refractivity contribution >= 4 is 16.8 Å². The van der Waals surface area contributed by atoms with Crippen LogP contribution in [-0.4, -0.2) is 5.24 Å². The first-order chi connectivity index (χ1) is 6.13. The molecule has 0 saturated heterocycles. The summed E-state index contributed by atoms with van der Waals surface area (Å²) in [6.07, 6.45) is 0. The van der Waals surface area contributed by atoms with Crippen LogP contribution in [0.2, 0.25) is 0 Å². The largest absolute Gasteiger partial charge is 0.281 e. The Bertz CT molecular complexity index is 279. The lowest BCUT2D eigenvalue weighted by Crippen LogP contribution is -2.13. The normalized spacial score (nSPS) is 12.9. The van der Waals surface area contributed by atoms with Gasteiger partial charge < -0.3 is 0 Å². The molecule has 0 aliphatic rings. The molecule has 0 spiro atoms. The smallest absolute Gasteiger partial charge is 0.229 e. The zero-order valence-corrected chi connectivity index (χ0v) is 8.58. The Hall–Kier alpha value is -0.820. The molecule has 0 aliphatic carbocycles. The van der Waals surface area contributed by atoms with Crippen molar-refractivity contribution in [2.24, 2.45) is 5.92 Å². The SMILES string of the molecule is CC(C)C(C(=O)Cl)c1ccccc1. The lowest BCUT2D eigenvalue weighted by molar-refractivity contribution is -0.113. The maximum absolute atomic E-state index is 11.2. The standard InChI is InChI=1S/C11H13ClO/c1-8(2)10(11(12)13)9-6-4-3-5-7-9/h3-8,10H,1-2H3. The van der Waals surface area contributed by atoms with Crippen molar-refractivity contribution in [3.05, 3.63) is 35.9 Å². The minimum atomic E-state index is -0.277. The molecule has 1 nitrogen and oxygen atoms in total. The Kier molecular flexibility index (Phi) is 3.49. The van der Waals surface area contributed by atoms with Gasteiger partial charge in [0, 0.05) is 0 Å². The number of carbonyl (C=O) groups excluding carboxylic acids is 1. The van der Waals surface area contributed by atoms with Crippen LogP contribution in [0.25, 0.3) is 0 Å². The minimum Gasteiger partial charge on any atom is -0.281 e. The first-order valence-corrected chi connectivity index (χ1v) is 4.75. The fourth-order valence-corrected chi connectivity index (χ4v) is 1.82. The molecule has 0 N–H and O–H groups in total. The first kappa shape index (κ1) is 10.3. The molecule has 1 aromatic carbocycles. The van der Waals surface area contributed by atoms with E-state index in [4.69, 9.17) is 11.6 Å². The Balaban J connectivity index is 2.96. The number of halogens is 1. The average Bonchev–Trinajstić information content (AvgIpc) is 2.04. The summed E-state index contributed by atoms with van der Waals surface area (Å²) >= 11 is 5.53.